The van der Waals surface area contributed by atoms with Gasteiger partial charge in [-0.05, 0) is 30.5 Å². The number of anilines is 1. The molecule has 0 saturated carbocycles. The monoisotopic (exact) mass is 396 g/mol. The number of Topliss-reactive ketones (excluding diaryl/α,β-unsaturated/α-hetero) is 1. The Morgan fingerprint density at radius 2 is 1.74 bits per heavy atom. The fourth-order valence-electron chi connectivity index (χ4n) is 2.94. The van der Waals surface area contributed by atoms with Gasteiger partial charge in [0.25, 0.3) is 0 Å². The van der Waals surface area contributed by atoms with Crippen molar-refractivity contribution in [2.45, 2.75) is 76.5 Å². The van der Waals surface area contributed by atoms with Crippen LogP contribution in [-0.4, -0.2) is 31.8 Å². The molecule has 0 aliphatic carbocycles. The Balaban J connectivity index is 2.66. The summed E-state index contributed by atoms with van der Waals surface area (Å²) in [6.07, 6.45) is 6.51. The van der Waals surface area contributed by atoms with Crippen LogP contribution in [0, 0.1) is 0 Å². The van der Waals surface area contributed by atoms with E-state index in [2.05, 4.69) is 11.6 Å². The minimum atomic E-state index is -3.74. The van der Waals surface area contributed by atoms with Gasteiger partial charge in [-0.2, -0.15) is 4.72 Å². The predicted octanol–water partition coefficient (Wildman–Crippen LogP) is 3.01. The Labute approximate surface area is 163 Å². The van der Waals surface area contributed by atoms with E-state index in [0.29, 0.717) is 30.4 Å². The first-order chi connectivity index (χ1) is 12.8. The van der Waals surface area contributed by atoms with E-state index >= 15 is 0 Å². The largest absolute Gasteiger partial charge is 0.399 e. The second-order valence-electron chi connectivity index (χ2n) is 6.89. The van der Waals surface area contributed by atoms with E-state index in [-0.39, 0.29) is 6.42 Å². The second-order valence-corrected chi connectivity index (χ2v) is 8.89. The van der Waals surface area contributed by atoms with Gasteiger partial charge in [-0.1, -0.05) is 58.1 Å². The molecule has 0 fully saturated rings. The number of sulfonamides is 1. The van der Waals surface area contributed by atoms with Crippen LogP contribution in [0.15, 0.2) is 24.3 Å². The van der Waals surface area contributed by atoms with Crippen LogP contribution in [0.1, 0.15) is 64.4 Å². The van der Waals surface area contributed by atoms with Crippen LogP contribution in [0.4, 0.5) is 5.69 Å². The molecule has 0 aliphatic rings. The van der Waals surface area contributed by atoms with E-state index in [1.807, 2.05) is 6.92 Å². The second kappa shape index (κ2) is 11.9. The number of carbonyl (C=O) groups excluding carboxylic acids is 2. The van der Waals surface area contributed by atoms with Gasteiger partial charge in [0.05, 0.1) is 5.25 Å². The van der Waals surface area contributed by atoms with Crippen molar-refractivity contribution in [1.29, 1.82) is 0 Å². The lowest BCUT2D eigenvalue weighted by Gasteiger charge is -2.19. The lowest BCUT2D eigenvalue weighted by Crippen LogP contribution is -2.46. The molecule has 1 rings (SSSR count). The molecule has 1 aromatic carbocycles. The summed E-state index contributed by atoms with van der Waals surface area (Å²) in [4.78, 5) is 23.7. The summed E-state index contributed by atoms with van der Waals surface area (Å²) in [5.41, 5.74) is 6.87. The minimum Gasteiger partial charge on any atom is -0.399 e. The first-order valence-electron chi connectivity index (χ1n) is 9.67. The van der Waals surface area contributed by atoms with Crippen molar-refractivity contribution in [3.8, 4) is 0 Å². The number of unbranched alkanes of at least 4 members (excludes halogenated alkanes) is 4. The smallest absolute Gasteiger partial charge is 0.215 e. The Kier molecular flexibility index (Phi) is 10.3. The van der Waals surface area contributed by atoms with Crippen LogP contribution in [0.3, 0.4) is 0 Å². The quantitative estimate of drug-likeness (QED) is 0.218. The molecular weight excluding hydrogens is 364 g/mol. The molecule has 0 spiro atoms. The van der Waals surface area contributed by atoms with Crippen LogP contribution in [0.5, 0.6) is 0 Å². The third-order valence-electron chi connectivity index (χ3n) is 4.66. The standard InChI is InChI=1S/C20H32N2O4S/c1-3-5-6-7-8-9-18(4-2)27(25,26)22-19(15-23)20(24)14-16-10-12-17(21)13-11-16/h10-13,15,18-19,22H,3-9,14,21H2,1-2H3. The van der Waals surface area contributed by atoms with Gasteiger partial charge >= 0.3 is 0 Å². The average Bonchev–Trinajstić information content (AvgIpc) is 2.64. The summed E-state index contributed by atoms with van der Waals surface area (Å²) in [5, 5.41) is -0.592. The normalized spacial score (nSPS) is 13.9. The molecule has 0 heterocycles. The molecule has 152 valence electrons. The van der Waals surface area contributed by atoms with Crippen molar-refractivity contribution in [1.82, 2.24) is 4.72 Å². The first kappa shape index (κ1) is 23.3. The number of hydrogen-bond donors (Lipinski definition) is 2. The third-order valence-corrected chi connectivity index (χ3v) is 6.69. The predicted molar refractivity (Wildman–Crippen MR) is 109 cm³/mol. The number of nitrogens with two attached hydrogens (primary N) is 1. The van der Waals surface area contributed by atoms with Crippen LogP contribution in [0.2, 0.25) is 0 Å². The summed E-state index contributed by atoms with van der Waals surface area (Å²) in [6.45, 7) is 3.94. The van der Waals surface area contributed by atoms with Crippen molar-refractivity contribution in [3.63, 3.8) is 0 Å². The Morgan fingerprint density at radius 1 is 1.11 bits per heavy atom. The third kappa shape index (κ3) is 8.22. The van der Waals surface area contributed by atoms with Crippen LogP contribution in [-0.2, 0) is 26.0 Å². The molecule has 0 radical (unpaired) electrons. The van der Waals surface area contributed by atoms with Gasteiger partial charge < -0.3 is 10.5 Å². The van der Waals surface area contributed by atoms with Gasteiger partial charge in [-0.25, -0.2) is 8.42 Å². The number of ketones is 1. The zero-order valence-corrected chi connectivity index (χ0v) is 17.1. The molecule has 0 aromatic heterocycles. The first-order valence-corrected chi connectivity index (χ1v) is 11.2. The molecular formula is C20H32N2O4S. The number of carbonyl (C=O) groups is 2. The van der Waals surface area contributed by atoms with Crippen molar-refractivity contribution >= 4 is 27.8 Å². The Hall–Kier alpha value is -1.73. The molecule has 1 aromatic rings. The SMILES string of the molecule is CCCCCCCC(CC)S(=O)(=O)NC(C=O)C(=O)Cc1ccc(N)cc1. The highest BCUT2D eigenvalue weighted by Crippen LogP contribution is 2.16. The van der Waals surface area contributed by atoms with Crippen molar-refractivity contribution in [2.75, 3.05) is 5.73 Å². The number of aldehydes is 1. The molecule has 3 N–H and O–H groups in total. The molecule has 2 atom stereocenters. The van der Waals surface area contributed by atoms with E-state index in [0.717, 1.165) is 32.1 Å². The van der Waals surface area contributed by atoms with Crippen molar-refractivity contribution in [3.05, 3.63) is 29.8 Å². The molecule has 27 heavy (non-hydrogen) atoms. The number of benzene rings is 1. The Morgan fingerprint density at radius 3 is 2.30 bits per heavy atom. The summed E-state index contributed by atoms with van der Waals surface area (Å²) in [6, 6.07) is 5.34. The summed E-state index contributed by atoms with van der Waals surface area (Å²) in [5.74, 6) is -0.476. The van der Waals surface area contributed by atoms with E-state index in [4.69, 9.17) is 5.73 Å². The highest BCUT2D eigenvalue weighted by molar-refractivity contribution is 7.90. The maximum absolute atomic E-state index is 12.6. The maximum Gasteiger partial charge on any atom is 0.215 e. The van der Waals surface area contributed by atoms with Gasteiger partial charge in [0.15, 0.2) is 5.78 Å². The molecule has 7 heteroatoms. The van der Waals surface area contributed by atoms with Gasteiger partial charge in [0, 0.05) is 12.1 Å². The van der Waals surface area contributed by atoms with E-state index in [9.17, 15) is 18.0 Å². The molecule has 0 aliphatic heterocycles. The summed E-state index contributed by atoms with van der Waals surface area (Å²) < 4.78 is 27.5. The van der Waals surface area contributed by atoms with Gasteiger partial charge in [-0.3, -0.25) is 4.79 Å². The zero-order valence-electron chi connectivity index (χ0n) is 16.3. The number of nitrogen functional groups attached to an aromatic ring is 1. The number of hydrogen-bond acceptors (Lipinski definition) is 5. The molecule has 0 amide bonds. The fourth-order valence-corrected chi connectivity index (χ4v) is 4.59. The van der Waals surface area contributed by atoms with Crippen LogP contribution in [0.25, 0.3) is 0 Å². The zero-order chi connectivity index (χ0) is 20.3. The van der Waals surface area contributed by atoms with E-state index < -0.39 is 27.1 Å². The molecule has 0 saturated heterocycles. The molecule has 0 bridgehead atoms. The Bertz CT molecular complexity index is 686. The highest BCUT2D eigenvalue weighted by atomic mass is 32.2. The summed E-state index contributed by atoms with van der Waals surface area (Å²) in [7, 11) is -3.74. The van der Waals surface area contributed by atoms with Gasteiger partial charge in [0.2, 0.25) is 10.0 Å². The molecule has 6 nitrogen and oxygen atoms in total. The number of nitrogens with one attached hydrogen (secondary N) is 1. The fraction of sp³-hybridized carbons (Fsp3) is 0.600. The van der Waals surface area contributed by atoms with Crippen molar-refractivity contribution < 1.29 is 18.0 Å². The van der Waals surface area contributed by atoms with Gasteiger partial charge in [0.1, 0.15) is 12.3 Å². The van der Waals surface area contributed by atoms with E-state index in [1.165, 1.54) is 0 Å². The topological polar surface area (TPSA) is 106 Å². The number of rotatable bonds is 14. The summed E-state index contributed by atoms with van der Waals surface area (Å²) >= 11 is 0. The van der Waals surface area contributed by atoms with Gasteiger partial charge in [-0.15, -0.1) is 0 Å². The van der Waals surface area contributed by atoms with E-state index in [1.54, 1.807) is 24.3 Å². The van der Waals surface area contributed by atoms with Crippen molar-refractivity contribution in [2.24, 2.45) is 0 Å². The molecule has 2 unspecified atom stereocenters. The van der Waals surface area contributed by atoms with Crippen LogP contribution >= 0.6 is 0 Å². The lowest BCUT2D eigenvalue weighted by atomic mass is 10.0. The lowest BCUT2D eigenvalue weighted by molar-refractivity contribution is -0.123. The van der Waals surface area contributed by atoms with Crippen LogP contribution < -0.4 is 10.5 Å². The average molecular weight is 397 g/mol. The maximum atomic E-state index is 12.6. The minimum absolute atomic E-state index is 0.0278. The highest BCUT2D eigenvalue weighted by Gasteiger charge is 2.29.